The first-order valence-corrected chi connectivity index (χ1v) is 7.59. The molecule has 0 spiro atoms. The third-order valence-corrected chi connectivity index (χ3v) is 3.38. The fourth-order valence-electron chi connectivity index (χ4n) is 1.20. The minimum Gasteiger partial charge on any atom is -0.446 e. The van der Waals surface area contributed by atoms with Gasteiger partial charge in [-0.15, -0.1) is 0 Å². The maximum absolute atomic E-state index is 13.4. The van der Waals surface area contributed by atoms with Crippen LogP contribution in [-0.2, 0) is 4.74 Å². The molecular weight excluding hydrogens is 371 g/mol. The number of nitrogens with zero attached hydrogens (tertiary/aromatic N) is 1. The van der Waals surface area contributed by atoms with Crippen molar-refractivity contribution in [3.8, 4) is 0 Å². The van der Waals surface area contributed by atoms with Crippen LogP contribution >= 0.6 is 58.4 Å². The van der Waals surface area contributed by atoms with E-state index in [1.807, 2.05) is 0 Å². The number of carbonyl (C=O) groups excluding carboxylic acids is 1. The first-order chi connectivity index (χ1) is 9.08. The summed E-state index contributed by atoms with van der Waals surface area (Å²) in [6.07, 6.45) is -1.24. The SMILES string of the molecule is CC(C)OC(=O)N(SC(F)(Cl)Cl)c1cc(Cl)cc(Cl)c1. The number of halogens is 5. The van der Waals surface area contributed by atoms with Crippen LogP contribution in [0, 0.1) is 0 Å². The Labute approximate surface area is 140 Å². The van der Waals surface area contributed by atoms with Gasteiger partial charge >= 0.3 is 10.0 Å². The monoisotopic (exact) mass is 379 g/mol. The Bertz CT molecular complexity index is 476. The second kappa shape index (κ2) is 7.27. The van der Waals surface area contributed by atoms with Crippen molar-refractivity contribution in [2.45, 2.75) is 23.9 Å². The highest BCUT2D eigenvalue weighted by molar-refractivity contribution is 8.04. The lowest BCUT2D eigenvalue weighted by atomic mass is 10.3. The predicted molar refractivity (Wildman–Crippen MR) is 83.7 cm³/mol. The van der Waals surface area contributed by atoms with Gasteiger partial charge in [0.1, 0.15) is 0 Å². The fourth-order valence-corrected chi connectivity index (χ4v) is 2.67. The summed E-state index contributed by atoms with van der Waals surface area (Å²) < 4.78 is 16.5. The van der Waals surface area contributed by atoms with Crippen LogP contribution in [0.25, 0.3) is 0 Å². The lowest BCUT2D eigenvalue weighted by Gasteiger charge is -2.24. The van der Waals surface area contributed by atoms with Gasteiger partial charge < -0.3 is 4.74 Å². The highest BCUT2D eigenvalue weighted by Gasteiger charge is 2.33. The minimum absolute atomic E-state index is 0.196. The number of ether oxygens (including phenoxy) is 1. The van der Waals surface area contributed by atoms with Crippen molar-refractivity contribution in [2.24, 2.45) is 0 Å². The Kier molecular flexibility index (Phi) is 6.54. The zero-order valence-corrected chi connectivity index (χ0v) is 14.2. The van der Waals surface area contributed by atoms with Crippen LogP contribution in [0.1, 0.15) is 13.8 Å². The number of rotatable bonds is 4. The van der Waals surface area contributed by atoms with Gasteiger partial charge in [0, 0.05) is 22.0 Å². The molecule has 1 aromatic carbocycles. The maximum Gasteiger partial charge on any atom is 0.425 e. The van der Waals surface area contributed by atoms with Gasteiger partial charge in [-0.3, -0.25) is 0 Å². The molecule has 1 aromatic rings. The second-order valence-electron chi connectivity index (χ2n) is 3.89. The summed E-state index contributed by atoms with van der Waals surface area (Å²) in [6, 6.07) is 4.27. The van der Waals surface area contributed by atoms with E-state index in [0.717, 1.165) is 4.31 Å². The third kappa shape index (κ3) is 6.14. The van der Waals surface area contributed by atoms with Crippen LogP contribution in [0.15, 0.2) is 18.2 Å². The summed E-state index contributed by atoms with van der Waals surface area (Å²) in [5, 5.41) is 0.535. The molecule has 0 bridgehead atoms. The molecular formula is C11H10Cl4FNO2S. The molecule has 0 saturated heterocycles. The molecule has 0 aliphatic rings. The molecule has 0 unspecified atom stereocenters. The summed E-state index contributed by atoms with van der Waals surface area (Å²) in [6.45, 7) is 3.30. The molecule has 0 aromatic heterocycles. The van der Waals surface area contributed by atoms with E-state index >= 15 is 0 Å². The predicted octanol–water partition coefficient (Wildman–Crippen LogP) is 6.05. The van der Waals surface area contributed by atoms with Crippen molar-refractivity contribution in [3.63, 3.8) is 0 Å². The van der Waals surface area contributed by atoms with Gasteiger partial charge in [0.15, 0.2) is 0 Å². The molecule has 20 heavy (non-hydrogen) atoms. The molecule has 0 atom stereocenters. The van der Waals surface area contributed by atoms with Gasteiger partial charge in [-0.25, -0.2) is 9.10 Å². The van der Waals surface area contributed by atoms with Gasteiger partial charge in [-0.1, -0.05) is 46.4 Å². The third-order valence-electron chi connectivity index (χ3n) is 1.78. The lowest BCUT2D eigenvalue weighted by Crippen LogP contribution is -2.29. The van der Waals surface area contributed by atoms with Gasteiger partial charge in [0.2, 0.25) is 0 Å². The van der Waals surface area contributed by atoms with Gasteiger partial charge in [0.25, 0.3) is 0 Å². The van der Waals surface area contributed by atoms with Gasteiger partial charge in [-0.2, -0.15) is 4.39 Å². The molecule has 0 saturated carbocycles. The summed E-state index contributed by atoms with van der Waals surface area (Å²) in [4.78, 5) is 12.0. The Balaban J connectivity index is 3.12. The number of benzene rings is 1. The number of hydrogen-bond donors (Lipinski definition) is 0. The Hall–Kier alpha value is -0.0700. The molecule has 0 radical (unpaired) electrons. The van der Waals surface area contributed by atoms with Crippen LogP contribution in [0.4, 0.5) is 14.9 Å². The van der Waals surface area contributed by atoms with E-state index < -0.39 is 16.1 Å². The van der Waals surface area contributed by atoms with Crippen molar-refractivity contribution >= 4 is 70.1 Å². The van der Waals surface area contributed by atoms with E-state index in [1.165, 1.54) is 18.2 Å². The van der Waals surface area contributed by atoms with E-state index in [2.05, 4.69) is 0 Å². The highest BCUT2D eigenvalue weighted by atomic mass is 35.5. The average molecular weight is 381 g/mol. The molecule has 0 N–H and O–H groups in total. The van der Waals surface area contributed by atoms with E-state index in [4.69, 9.17) is 51.1 Å². The summed E-state index contributed by atoms with van der Waals surface area (Å²) in [5.41, 5.74) is 0.196. The lowest BCUT2D eigenvalue weighted by molar-refractivity contribution is 0.126. The number of alkyl halides is 3. The second-order valence-corrected chi connectivity index (χ2v) is 7.56. The topological polar surface area (TPSA) is 29.5 Å². The summed E-state index contributed by atoms with van der Waals surface area (Å²) >= 11 is 22.5. The average Bonchev–Trinajstić information content (AvgIpc) is 2.22. The van der Waals surface area contributed by atoms with Crippen molar-refractivity contribution in [2.75, 3.05) is 4.31 Å². The molecule has 1 rings (SSSR count). The van der Waals surface area contributed by atoms with Crippen LogP contribution in [0.5, 0.6) is 0 Å². The molecule has 1 amide bonds. The molecule has 0 heterocycles. The van der Waals surface area contributed by atoms with Crippen LogP contribution in [0.2, 0.25) is 10.0 Å². The summed E-state index contributed by atoms with van der Waals surface area (Å²) in [5.74, 6) is 0. The van der Waals surface area contributed by atoms with Gasteiger partial charge in [0.05, 0.1) is 11.8 Å². The number of carbonyl (C=O) groups is 1. The van der Waals surface area contributed by atoms with E-state index in [-0.39, 0.29) is 27.7 Å². The normalized spacial score (nSPS) is 11.6. The molecule has 0 aliphatic carbocycles. The minimum atomic E-state index is -2.72. The van der Waals surface area contributed by atoms with Crippen LogP contribution < -0.4 is 4.31 Å². The number of anilines is 1. The van der Waals surface area contributed by atoms with E-state index in [9.17, 15) is 9.18 Å². The van der Waals surface area contributed by atoms with E-state index in [1.54, 1.807) is 13.8 Å². The first kappa shape index (κ1) is 18.0. The standard InChI is InChI=1S/C11H10Cl4FNO2S/c1-6(2)19-10(18)17(20-11(14,15)16)9-4-7(12)3-8(13)5-9/h3-6H,1-2H3. The smallest absolute Gasteiger partial charge is 0.425 e. The molecule has 112 valence electrons. The molecule has 0 aliphatic heterocycles. The molecule has 0 fully saturated rings. The van der Waals surface area contributed by atoms with Crippen molar-refractivity contribution in [3.05, 3.63) is 28.2 Å². The quantitative estimate of drug-likeness (QED) is 0.470. The molecule has 9 heteroatoms. The number of hydrogen-bond acceptors (Lipinski definition) is 3. The zero-order valence-electron chi connectivity index (χ0n) is 10.4. The zero-order chi connectivity index (χ0) is 15.5. The van der Waals surface area contributed by atoms with Crippen LogP contribution in [0.3, 0.4) is 0 Å². The molecule has 3 nitrogen and oxygen atoms in total. The van der Waals surface area contributed by atoms with E-state index in [0.29, 0.717) is 0 Å². The van der Waals surface area contributed by atoms with Crippen LogP contribution in [-0.4, -0.2) is 16.1 Å². The Morgan fingerprint density at radius 1 is 1.30 bits per heavy atom. The van der Waals surface area contributed by atoms with Crippen molar-refractivity contribution in [1.82, 2.24) is 0 Å². The highest BCUT2D eigenvalue weighted by Crippen LogP contribution is 2.42. The summed E-state index contributed by atoms with van der Waals surface area (Å²) in [7, 11) is 0. The van der Waals surface area contributed by atoms with Gasteiger partial charge in [-0.05, 0) is 32.0 Å². The van der Waals surface area contributed by atoms with Crippen molar-refractivity contribution in [1.29, 1.82) is 0 Å². The fraction of sp³-hybridized carbons (Fsp3) is 0.364. The maximum atomic E-state index is 13.4. The van der Waals surface area contributed by atoms with Crippen molar-refractivity contribution < 1.29 is 13.9 Å². The first-order valence-electron chi connectivity index (χ1n) is 5.31. The Morgan fingerprint density at radius 2 is 1.80 bits per heavy atom. The Morgan fingerprint density at radius 3 is 2.20 bits per heavy atom. The number of amides is 1. The largest absolute Gasteiger partial charge is 0.446 e.